The highest BCUT2D eigenvalue weighted by atomic mass is 16.6. The third kappa shape index (κ3) is 6.86. The number of unbranched alkanes of at least 4 members (excludes halogenated alkanes) is 1. The molecule has 0 unspecified atom stereocenters. The third-order valence-electron chi connectivity index (χ3n) is 4.69. The Morgan fingerprint density at radius 3 is 2.47 bits per heavy atom. The van der Waals surface area contributed by atoms with Gasteiger partial charge in [-0.25, -0.2) is 9.59 Å². The summed E-state index contributed by atoms with van der Waals surface area (Å²) < 4.78 is 16.2. The summed E-state index contributed by atoms with van der Waals surface area (Å²) in [5.74, 6) is 0.294. The van der Waals surface area contributed by atoms with Crippen molar-refractivity contribution in [2.24, 2.45) is 5.41 Å². The van der Waals surface area contributed by atoms with E-state index < -0.39 is 24.2 Å². The van der Waals surface area contributed by atoms with Crippen LogP contribution < -0.4 is 5.32 Å². The molecule has 2 aromatic rings. The van der Waals surface area contributed by atoms with Crippen molar-refractivity contribution < 1.29 is 23.5 Å². The van der Waals surface area contributed by atoms with Crippen molar-refractivity contribution in [2.75, 3.05) is 7.11 Å². The third-order valence-corrected chi connectivity index (χ3v) is 4.69. The Hall–Kier alpha value is -2.90. The van der Waals surface area contributed by atoms with Crippen LogP contribution in [-0.4, -0.2) is 41.5 Å². The fraction of sp³-hybridized carbons (Fsp3) is 0.545. The molecule has 0 spiro atoms. The minimum Gasteiger partial charge on any atom is -0.467 e. The first-order valence-electron chi connectivity index (χ1n) is 10.2. The molecular weight excluding hydrogens is 386 g/mol. The summed E-state index contributed by atoms with van der Waals surface area (Å²) in [4.78, 5) is 24.4. The molecule has 0 aliphatic carbocycles. The average Bonchev–Trinajstić information content (AvgIpc) is 3.18. The van der Waals surface area contributed by atoms with Gasteiger partial charge in [0.15, 0.2) is 0 Å². The second kappa shape index (κ2) is 10.8. The maximum Gasteiger partial charge on any atom is 0.408 e. The molecular formula is C22H31N3O5. The topological polar surface area (TPSA) is 104 Å². The van der Waals surface area contributed by atoms with E-state index in [1.54, 1.807) is 0 Å². The van der Waals surface area contributed by atoms with Gasteiger partial charge in [0.1, 0.15) is 12.1 Å². The molecule has 8 nitrogen and oxygen atoms in total. The van der Waals surface area contributed by atoms with Crippen LogP contribution in [0.25, 0.3) is 11.5 Å². The number of nitrogens with one attached hydrogen (secondary N) is 1. The van der Waals surface area contributed by atoms with Crippen molar-refractivity contribution in [2.45, 2.75) is 65.5 Å². The van der Waals surface area contributed by atoms with Crippen LogP contribution in [-0.2, 0) is 20.7 Å². The van der Waals surface area contributed by atoms with E-state index in [9.17, 15) is 9.59 Å². The first kappa shape index (κ1) is 23.4. The van der Waals surface area contributed by atoms with Crippen LogP contribution in [0.1, 0.15) is 52.8 Å². The van der Waals surface area contributed by atoms with Crippen molar-refractivity contribution in [1.29, 1.82) is 0 Å². The van der Waals surface area contributed by atoms with Crippen molar-refractivity contribution in [3.63, 3.8) is 0 Å². The predicted octanol–water partition coefficient (Wildman–Crippen LogP) is 4.15. The van der Waals surface area contributed by atoms with Gasteiger partial charge in [-0.1, -0.05) is 58.7 Å². The summed E-state index contributed by atoms with van der Waals surface area (Å²) in [6.45, 7) is 7.87. The zero-order valence-corrected chi connectivity index (χ0v) is 18.3. The highest BCUT2D eigenvalue weighted by molar-refractivity contribution is 5.81. The highest BCUT2D eigenvalue weighted by Gasteiger charge is 2.32. The van der Waals surface area contributed by atoms with Crippen LogP contribution in [0.3, 0.4) is 0 Å². The van der Waals surface area contributed by atoms with Gasteiger partial charge < -0.3 is 19.2 Å². The lowest BCUT2D eigenvalue weighted by Crippen LogP contribution is -2.45. The van der Waals surface area contributed by atoms with Gasteiger partial charge in [0, 0.05) is 5.56 Å². The molecule has 0 radical (unpaired) electrons. The van der Waals surface area contributed by atoms with Gasteiger partial charge in [0.25, 0.3) is 0 Å². The molecule has 164 valence electrons. The second-order valence-electron chi connectivity index (χ2n) is 8.19. The van der Waals surface area contributed by atoms with E-state index in [0.717, 1.165) is 18.4 Å². The minimum absolute atomic E-state index is 0.259. The number of amides is 1. The summed E-state index contributed by atoms with van der Waals surface area (Å²) in [6, 6.07) is 8.71. The van der Waals surface area contributed by atoms with E-state index in [1.807, 2.05) is 58.0 Å². The molecule has 8 heteroatoms. The standard InChI is InChI=1S/C22H31N3O5/c1-6-7-13-16(20(26)28-5)23-21(27)29-17(22(2,3)4)14-18-24-25-19(30-18)15-11-9-8-10-12-15/h8-12,16-17H,6-7,13-14H2,1-5H3,(H,23,27)/t16-,17-/m0/s1. The van der Waals surface area contributed by atoms with E-state index in [0.29, 0.717) is 18.2 Å². The molecule has 1 aromatic carbocycles. The van der Waals surface area contributed by atoms with Crippen molar-refractivity contribution in [3.8, 4) is 11.5 Å². The lowest BCUT2D eigenvalue weighted by Gasteiger charge is -2.30. The normalized spacial score (nSPS) is 13.4. The smallest absolute Gasteiger partial charge is 0.408 e. The molecule has 2 rings (SSSR count). The fourth-order valence-electron chi connectivity index (χ4n) is 2.82. The molecule has 0 fully saturated rings. The van der Waals surface area contributed by atoms with Gasteiger partial charge in [0.2, 0.25) is 11.8 Å². The number of carbonyl (C=O) groups is 2. The van der Waals surface area contributed by atoms with E-state index in [4.69, 9.17) is 13.9 Å². The molecule has 1 heterocycles. The number of carbonyl (C=O) groups excluding carboxylic acids is 2. The number of nitrogens with zero attached hydrogens (tertiary/aromatic N) is 2. The average molecular weight is 418 g/mol. The van der Waals surface area contributed by atoms with Crippen molar-refractivity contribution in [3.05, 3.63) is 36.2 Å². The van der Waals surface area contributed by atoms with Crippen molar-refractivity contribution in [1.82, 2.24) is 15.5 Å². The summed E-state index contributed by atoms with van der Waals surface area (Å²) in [6.07, 6.45) is 1.22. The van der Waals surface area contributed by atoms with Crippen LogP contribution >= 0.6 is 0 Å². The molecule has 1 aromatic heterocycles. The van der Waals surface area contributed by atoms with Gasteiger partial charge in [0.05, 0.1) is 13.5 Å². The van der Waals surface area contributed by atoms with Gasteiger partial charge in [-0.15, -0.1) is 10.2 Å². The molecule has 0 bridgehead atoms. The monoisotopic (exact) mass is 417 g/mol. The summed E-state index contributed by atoms with van der Waals surface area (Å²) in [5, 5.41) is 10.8. The quantitative estimate of drug-likeness (QED) is 0.611. The van der Waals surface area contributed by atoms with E-state index in [-0.39, 0.29) is 11.8 Å². The molecule has 1 amide bonds. The molecule has 0 aliphatic heterocycles. The Kier molecular flexibility index (Phi) is 8.38. The Morgan fingerprint density at radius 2 is 1.87 bits per heavy atom. The number of alkyl carbamates (subject to hydrolysis) is 1. The first-order valence-corrected chi connectivity index (χ1v) is 10.2. The van der Waals surface area contributed by atoms with E-state index >= 15 is 0 Å². The largest absolute Gasteiger partial charge is 0.467 e. The molecule has 2 atom stereocenters. The maximum atomic E-state index is 12.5. The zero-order chi connectivity index (χ0) is 22.1. The van der Waals surface area contributed by atoms with Crippen LogP contribution in [0.2, 0.25) is 0 Å². The van der Waals surface area contributed by atoms with E-state index in [1.165, 1.54) is 7.11 Å². The SMILES string of the molecule is CCCC[C@H](NC(=O)O[C@@H](Cc1nnc(-c2ccccc2)o1)C(C)(C)C)C(=O)OC. The number of hydrogen-bond acceptors (Lipinski definition) is 7. The first-order chi connectivity index (χ1) is 14.2. The van der Waals surface area contributed by atoms with Crippen molar-refractivity contribution >= 4 is 12.1 Å². The zero-order valence-electron chi connectivity index (χ0n) is 18.3. The highest BCUT2D eigenvalue weighted by Crippen LogP contribution is 2.27. The number of ether oxygens (including phenoxy) is 2. The summed E-state index contributed by atoms with van der Waals surface area (Å²) in [7, 11) is 1.30. The van der Waals surface area contributed by atoms with Gasteiger partial charge >= 0.3 is 12.1 Å². The van der Waals surface area contributed by atoms with Crippen LogP contribution in [0.4, 0.5) is 4.79 Å². The number of esters is 1. The molecule has 0 saturated heterocycles. The van der Waals surface area contributed by atoms with Gasteiger partial charge in [-0.05, 0) is 24.0 Å². The Morgan fingerprint density at radius 1 is 1.17 bits per heavy atom. The number of hydrogen-bond donors (Lipinski definition) is 1. The van der Waals surface area contributed by atoms with Crippen LogP contribution in [0, 0.1) is 5.41 Å². The summed E-state index contributed by atoms with van der Waals surface area (Å²) in [5.41, 5.74) is 0.433. The number of benzene rings is 1. The number of rotatable bonds is 9. The fourth-order valence-corrected chi connectivity index (χ4v) is 2.82. The Labute approximate surface area is 177 Å². The molecule has 1 N–H and O–H groups in total. The Balaban J connectivity index is 2.06. The summed E-state index contributed by atoms with van der Waals surface area (Å²) >= 11 is 0. The van der Waals surface area contributed by atoms with Gasteiger partial charge in [-0.2, -0.15) is 0 Å². The minimum atomic E-state index is -0.740. The number of methoxy groups -OCH3 is 1. The molecule has 0 aliphatic rings. The lowest BCUT2D eigenvalue weighted by molar-refractivity contribution is -0.143. The van der Waals surface area contributed by atoms with Crippen LogP contribution in [0.5, 0.6) is 0 Å². The molecule has 0 saturated carbocycles. The lowest BCUT2D eigenvalue weighted by atomic mass is 9.87. The Bertz CT molecular complexity index is 814. The maximum absolute atomic E-state index is 12.5. The van der Waals surface area contributed by atoms with Gasteiger partial charge in [-0.3, -0.25) is 0 Å². The van der Waals surface area contributed by atoms with E-state index in [2.05, 4.69) is 15.5 Å². The second-order valence-corrected chi connectivity index (χ2v) is 8.19. The molecule has 30 heavy (non-hydrogen) atoms. The van der Waals surface area contributed by atoms with Crippen LogP contribution in [0.15, 0.2) is 34.7 Å². The predicted molar refractivity (Wildman–Crippen MR) is 112 cm³/mol. The number of aromatic nitrogens is 2.